The van der Waals surface area contributed by atoms with Gasteiger partial charge in [-0.2, -0.15) is 0 Å². The van der Waals surface area contributed by atoms with Crippen molar-refractivity contribution in [3.05, 3.63) is 48.9 Å². The minimum Gasteiger partial charge on any atom is -0.364 e. The topological polar surface area (TPSA) is 57.4 Å². The van der Waals surface area contributed by atoms with Crippen molar-refractivity contribution in [2.75, 3.05) is 36.4 Å². The first-order valence-corrected chi connectivity index (χ1v) is 8.26. The van der Waals surface area contributed by atoms with Crippen molar-refractivity contribution in [2.45, 2.75) is 0 Å². The van der Waals surface area contributed by atoms with Crippen LogP contribution in [0, 0.1) is 0 Å². The van der Waals surface area contributed by atoms with Crippen molar-refractivity contribution in [3.8, 4) is 0 Å². The maximum atomic E-state index is 5.55. The number of hydrogen-bond donors (Lipinski definition) is 1. The summed E-state index contributed by atoms with van der Waals surface area (Å²) in [6.45, 7) is 3.55. The molecule has 0 saturated carbocycles. The van der Waals surface area contributed by atoms with Gasteiger partial charge >= 0.3 is 0 Å². The van der Waals surface area contributed by atoms with Crippen LogP contribution >= 0.6 is 12.2 Å². The number of benzene rings is 1. The van der Waals surface area contributed by atoms with Gasteiger partial charge in [-0.25, -0.2) is 4.98 Å². The molecule has 0 aliphatic carbocycles. The molecule has 1 aromatic carbocycles. The van der Waals surface area contributed by atoms with E-state index in [1.165, 1.54) is 0 Å². The highest BCUT2D eigenvalue weighted by Crippen LogP contribution is 2.19. The fourth-order valence-electron chi connectivity index (χ4n) is 2.82. The molecule has 1 fully saturated rings. The fraction of sp³-hybridized carbons (Fsp3) is 0.235. The van der Waals surface area contributed by atoms with E-state index in [2.05, 4.69) is 25.3 Å². The van der Waals surface area contributed by atoms with Crippen LogP contribution in [0.15, 0.2) is 53.4 Å². The molecule has 0 radical (unpaired) electrons. The normalized spacial score (nSPS) is 14.8. The summed E-state index contributed by atoms with van der Waals surface area (Å²) >= 11 is 5.55. The van der Waals surface area contributed by atoms with Crippen molar-refractivity contribution < 1.29 is 4.52 Å². The third-order valence-corrected chi connectivity index (χ3v) is 4.51. The lowest BCUT2D eigenvalue weighted by atomic mass is 10.2. The second kappa shape index (κ2) is 6.45. The Hall–Kier alpha value is -2.67. The van der Waals surface area contributed by atoms with Gasteiger partial charge in [-0.05, 0) is 42.5 Å². The van der Waals surface area contributed by atoms with Gasteiger partial charge in [0, 0.05) is 43.4 Å². The molecule has 1 N–H and O–H groups in total. The van der Waals surface area contributed by atoms with Crippen LogP contribution in [0.1, 0.15) is 0 Å². The minimum absolute atomic E-state index is 0.735. The van der Waals surface area contributed by atoms with Gasteiger partial charge in [0.2, 0.25) is 0 Å². The zero-order chi connectivity index (χ0) is 16.4. The third-order valence-electron chi connectivity index (χ3n) is 4.15. The smallest absolute Gasteiger partial charge is 0.173 e. The highest BCUT2D eigenvalue weighted by atomic mass is 32.1. The van der Waals surface area contributed by atoms with Crippen LogP contribution in [0.3, 0.4) is 0 Å². The van der Waals surface area contributed by atoms with E-state index in [4.69, 9.17) is 16.7 Å². The van der Waals surface area contributed by atoms with E-state index in [-0.39, 0.29) is 0 Å². The number of rotatable bonds is 2. The van der Waals surface area contributed by atoms with Gasteiger partial charge in [0.1, 0.15) is 17.6 Å². The molecule has 1 aliphatic rings. The van der Waals surface area contributed by atoms with Crippen LogP contribution in [0.4, 0.5) is 11.5 Å². The summed E-state index contributed by atoms with van der Waals surface area (Å²) in [6, 6.07) is 11.9. The van der Waals surface area contributed by atoms with E-state index >= 15 is 0 Å². The fourth-order valence-corrected chi connectivity index (χ4v) is 3.12. The van der Waals surface area contributed by atoms with Crippen molar-refractivity contribution in [2.24, 2.45) is 0 Å². The van der Waals surface area contributed by atoms with Gasteiger partial charge < -0.3 is 19.6 Å². The van der Waals surface area contributed by atoms with Crippen molar-refractivity contribution in [1.29, 1.82) is 0 Å². The maximum absolute atomic E-state index is 5.55. The van der Waals surface area contributed by atoms with Crippen LogP contribution < -0.4 is 10.2 Å². The Kier molecular flexibility index (Phi) is 4.00. The highest BCUT2D eigenvalue weighted by Gasteiger charge is 2.19. The summed E-state index contributed by atoms with van der Waals surface area (Å²) in [7, 11) is 0. The molecule has 1 aliphatic heterocycles. The van der Waals surface area contributed by atoms with E-state index in [9.17, 15) is 0 Å². The van der Waals surface area contributed by atoms with Crippen LogP contribution in [0.2, 0.25) is 0 Å². The lowest BCUT2D eigenvalue weighted by molar-refractivity contribution is 0.389. The van der Waals surface area contributed by atoms with E-state index in [0.717, 1.165) is 53.7 Å². The number of thiocarbonyl (C=S) groups is 1. The van der Waals surface area contributed by atoms with E-state index in [1.807, 2.05) is 42.6 Å². The van der Waals surface area contributed by atoms with Gasteiger partial charge in [-0.1, -0.05) is 11.2 Å². The average Bonchev–Trinajstić information content (AvgIpc) is 3.10. The quantitative estimate of drug-likeness (QED) is 0.720. The number of nitrogens with zero attached hydrogens (tertiary/aromatic N) is 4. The van der Waals surface area contributed by atoms with Crippen LogP contribution in [0.25, 0.3) is 10.9 Å². The second-order valence-corrected chi connectivity index (χ2v) is 6.07. The molecule has 3 aromatic rings. The summed E-state index contributed by atoms with van der Waals surface area (Å²) in [5, 5.41) is 8.96. The number of hydrogen-bond acceptors (Lipinski definition) is 5. The predicted octanol–water partition coefficient (Wildman–Crippen LogP) is 2.74. The van der Waals surface area contributed by atoms with Gasteiger partial charge in [0.15, 0.2) is 5.11 Å². The van der Waals surface area contributed by atoms with Crippen LogP contribution in [-0.2, 0) is 0 Å². The molecule has 2 aromatic heterocycles. The van der Waals surface area contributed by atoms with E-state index in [1.54, 1.807) is 6.26 Å². The summed E-state index contributed by atoms with van der Waals surface area (Å²) < 4.78 is 4.96. The van der Waals surface area contributed by atoms with Crippen LogP contribution in [0.5, 0.6) is 0 Å². The molecule has 6 nitrogen and oxygen atoms in total. The first kappa shape index (κ1) is 14.9. The van der Waals surface area contributed by atoms with Crippen molar-refractivity contribution in [1.82, 2.24) is 15.0 Å². The molecule has 24 heavy (non-hydrogen) atoms. The maximum Gasteiger partial charge on any atom is 0.173 e. The summed E-state index contributed by atoms with van der Waals surface area (Å²) in [5.41, 5.74) is 1.75. The van der Waals surface area contributed by atoms with E-state index < -0.39 is 0 Å². The van der Waals surface area contributed by atoms with Gasteiger partial charge in [0.25, 0.3) is 0 Å². The van der Waals surface area contributed by atoms with Crippen LogP contribution in [-0.4, -0.2) is 46.3 Å². The SMILES string of the molecule is S=C(Nc1ccc2conc2c1)N1CCN(c2ccccn2)CC1. The molecule has 0 atom stereocenters. The number of fused-ring (bicyclic) bond motifs is 1. The van der Waals surface area contributed by atoms with Gasteiger partial charge in [-0.15, -0.1) is 0 Å². The highest BCUT2D eigenvalue weighted by molar-refractivity contribution is 7.80. The summed E-state index contributed by atoms with van der Waals surface area (Å²) in [6.07, 6.45) is 3.46. The Morgan fingerprint density at radius 3 is 2.79 bits per heavy atom. The average molecular weight is 339 g/mol. The zero-order valence-corrected chi connectivity index (χ0v) is 13.9. The predicted molar refractivity (Wildman–Crippen MR) is 98.3 cm³/mol. The van der Waals surface area contributed by atoms with Gasteiger partial charge in [0.05, 0.1) is 0 Å². The molecule has 3 heterocycles. The molecule has 1 saturated heterocycles. The third kappa shape index (κ3) is 3.03. The lowest BCUT2D eigenvalue weighted by Crippen LogP contribution is -2.50. The minimum atomic E-state index is 0.735. The molecule has 0 amide bonds. The zero-order valence-electron chi connectivity index (χ0n) is 13.1. The van der Waals surface area contributed by atoms with Gasteiger partial charge in [-0.3, -0.25) is 0 Å². The Morgan fingerprint density at radius 2 is 2.00 bits per heavy atom. The molecule has 0 unspecified atom stereocenters. The lowest BCUT2D eigenvalue weighted by Gasteiger charge is -2.36. The van der Waals surface area contributed by atoms with E-state index in [0.29, 0.717) is 0 Å². The standard InChI is InChI=1S/C17H17N5OS/c24-17(19-14-5-4-13-12-23-20-15(13)11-14)22-9-7-21(8-10-22)16-3-1-2-6-18-16/h1-6,11-12H,7-10H2,(H,19,24). The Labute approximate surface area is 145 Å². The number of piperazine rings is 1. The summed E-state index contributed by atoms with van der Waals surface area (Å²) in [4.78, 5) is 8.87. The monoisotopic (exact) mass is 339 g/mol. The number of aromatic nitrogens is 2. The Bertz CT molecular complexity index is 842. The first-order valence-electron chi connectivity index (χ1n) is 7.86. The molecule has 0 spiro atoms. The van der Waals surface area contributed by atoms with Crippen molar-refractivity contribution >= 4 is 39.7 Å². The number of nitrogens with one attached hydrogen (secondary N) is 1. The molecule has 4 rings (SSSR count). The summed E-state index contributed by atoms with van der Waals surface area (Å²) in [5.74, 6) is 1.02. The number of pyridine rings is 1. The Balaban J connectivity index is 1.37. The first-order chi connectivity index (χ1) is 11.8. The second-order valence-electron chi connectivity index (χ2n) is 5.68. The molecule has 0 bridgehead atoms. The Morgan fingerprint density at radius 1 is 1.12 bits per heavy atom. The molecule has 7 heteroatoms. The number of anilines is 2. The molecular weight excluding hydrogens is 322 g/mol. The molecular formula is C17H17N5OS. The molecule has 122 valence electrons. The largest absolute Gasteiger partial charge is 0.364 e. The van der Waals surface area contributed by atoms with Crippen molar-refractivity contribution in [3.63, 3.8) is 0 Å².